The predicted molar refractivity (Wildman–Crippen MR) is 67.5 cm³/mol. The van der Waals surface area contributed by atoms with Crippen LogP contribution in [-0.4, -0.2) is 54.7 Å². The maximum atomic E-state index is 11.1. The molecule has 1 aromatic rings. The highest BCUT2D eigenvalue weighted by molar-refractivity contribution is 5.93. The maximum absolute atomic E-state index is 11.1. The van der Waals surface area contributed by atoms with Gasteiger partial charge in [-0.05, 0) is 0 Å². The summed E-state index contributed by atoms with van der Waals surface area (Å²) in [5, 5.41) is 14.2. The topological polar surface area (TPSA) is 161 Å². The molecule has 1 aromatic heterocycles. The Kier molecular flexibility index (Phi) is 6.84. The minimum absolute atomic E-state index is 0.315. The third-order valence-electron chi connectivity index (χ3n) is 2.33. The van der Waals surface area contributed by atoms with Crippen LogP contribution in [0.15, 0.2) is 15.7 Å². The van der Waals surface area contributed by atoms with Crippen LogP contribution in [0.25, 0.3) is 0 Å². The van der Waals surface area contributed by atoms with Crippen molar-refractivity contribution in [2.45, 2.75) is 0 Å². The van der Waals surface area contributed by atoms with Crippen molar-refractivity contribution in [3.05, 3.63) is 32.6 Å². The van der Waals surface area contributed by atoms with Crippen molar-refractivity contribution in [2.75, 3.05) is 32.8 Å². The van der Waals surface area contributed by atoms with Crippen molar-refractivity contribution in [3.63, 3.8) is 0 Å². The van der Waals surface area contributed by atoms with Crippen molar-refractivity contribution in [2.24, 2.45) is 0 Å². The molecule has 0 radical (unpaired) electrons. The lowest BCUT2D eigenvalue weighted by atomic mass is 10.4. The number of carbonyl (C=O) groups excluding carboxylic acids is 2. The number of aromatic amines is 2. The number of ether oxygens (including phenoxy) is 1. The molecule has 2 heterocycles. The number of nitrogens with two attached hydrogens (primary N) is 1. The summed E-state index contributed by atoms with van der Waals surface area (Å²) in [5.74, 6) is -2.35. The van der Waals surface area contributed by atoms with E-state index in [-0.39, 0.29) is 5.69 Å². The van der Waals surface area contributed by atoms with Gasteiger partial charge < -0.3 is 30.3 Å². The number of nitrogens with one attached hydrogen (secondary N) is 3. The molecule has 0 unspecified atom stereocenters. The number of carboxylic acid groups (broad SMARTS) is 1. The molecular formula is C11H16N4O6. The fourth-order valence-corrected chi connectivity index (χ4v) is 1.42. The largest absolute Gasteiger partial charge is 0.548 e. The molecule has 0 atom stereocenters. The van der Waals surface area contributed by atoms with Crippen LogP contribution in [0.1, 0.15) is 10.5 Å². The van der Waals surface area contributed by atoms with Crippen LogP contribution in [0.5, 0.6) is 0 Å². The molecule has 10 heteroatoms. The van der Waals surface area contributed by atoms with Crippen molar-refractivity contribution in [1.29, 1.82) is 0 Å². The number of H-pyrrole nitrogens is 2. The summed E-state index contributed by atoms with van der Waals surface area (Å²) in [6, 6.07) is 0.839. The molecule has 5 N–H and O–H groups in total. The first-order valence-electron chi connectivity index (χ1n) is 6.20. The van der Waals surface area contributed by atoms with Crippen molar-refractivity contribution < 1.29 is 24.7 Å². The van der Waals surface area contributed by atoms with Crippen LogP contribution >= 0.6 is 0 Å². The Morgan fingerprint density at radius 1 is 1.29 bits per heavy atom. The van der Waals surface area contributed by atoms with Gasteiger partial charge in [0, 0.05) is 6.07 Å². The summed E-state index contributed by atoms with van der Waals surface area (Å²) >= 11 is 0. The highest BCUT2D eigenvalue weighted by Gasteiger charge is 2.06. The normalized spacial score (nSPS) is 13.7. The molecule has 2 rings (SSSR count). The molecular weight excluding hydrogens is 284 g/mol. The number of quaternary nitrogens is 1. The third kappa shape index (κ3) is 7.03. The van der Waals surface area contributed by atoms with Gasteiger partial charge in [0.15, 0.2) is 0 Å². The van der Waals surface area contributed by atoms with Crippen LogP contribution in [0, 0.1) is 0 Å². The first kappa shape index (κ1) is 16.6. The lowest BCUT2D eigenvalue weighted by molar-refractivity contribution is -0.670. The fourth-order valence-electron chi connectivity index (χ4n) is 1.42. The Hall–Kier alpha value is -2.46. The van der Waals surface area contributed by atoms with Crippen LogP contribution in [0.2, 0.25) is 0 Å². The smallest absolute Gasteiger partial charge is 0.326 e. The van der Waals surface area contributed by atoms with E-state index in [0.717, 1.165) is 32.4 Å². The SMILES string of the molecule is C1COCC[NH2+]1.O=C([O-])CNC(=O)c1cc(=O)[nH]c(=O)[nH]1. The number of morpholine rings is 1. The van der Waals surface area contributed by atoms with Gasteiger partial charge >= 0.3 is 5.69 Å². The molecule has 1 aliphatic rings. The zero-order valence-corrected chi connectivity index (χ0v) is 11.1. The number of aromatic nitrogens is 2. The Balaban J connectivity index is 0.000000304. The van der Waals surface area contributed by atoms with E-state index >= 15 is 0 Å². The van der Waals surface area contributed by atoms with E-state index in [1.807, 2.05) is 15.3 Å². The van der Waals surface area contributed by atoms with Gasteiger partial charge in [0.2, 0.25) is 0 Å². The Labute approximate surface area is 118 Å². The lowest BCUT2D eigenvalue weighted by Crippen LogP contribution is -2.87. The van der Waals surface area contributed by atoms with Crippen molar-refractivity contribution >= 4 is 11.9 Å². The van der Waals surface area contributed by atoms with E-state index in [1.165, 1.54) is 0 Å². The number of amides is 1. The molecule has 0 bridgehead atoms. The first-order chi connectivity index (χ1) is 9.99. The number of aliphatic carboxylic acids is 1. The molecule has 1 aliphatic heterocycles. The molecule has 0 aliphatic carbocycles. The molecule has 21 heavy (non-hydrogen) atoms. The second kappa shape index (κ2) is 8.66. The Morgan fingerprint density at radius 2 is 1.95 bits per heavy atom. The fraction of sp³-hybridized carbons (Fsp3) is 0.455. The molecule has 10 nitrogen and oxygen atoms in total. The molecule has 1 saturated heterocycles. The van der Waals surface area contributed by atoms with E-state index in [2.05, 4.69) is 5.32 Å². The van der Waals surface area contributed by atoms with E-state index in [9.17, 15) is 24.3 Å². The zero-order valence-electron chi connectivity index (χ0n) is 11.1. The van der Waals surface area contributed by atoms with Gasteiger partial charge in [-0.25, -0.2) is 4.79 Å². The summed E-state index contributed by atoms with van der Waals surface area (Å²) in [6.45, 7) is 3.49. The molecule has 0 aromatic carbocycles. The van der Waals surface area contributed by atoms with E-state index in [0.29, 0.717) is 0 Å². The second-order valence-corrected chi connectivity index (χ2v) is 4.03. The average Bonchev–Trinajstić information content (AvgIpc) is 2.46. The van der Waals surface area contributed by atoms with Crippen LogP contribution in [-0.2, 0) is 9.53 Å². The van der Waals surface area contributed by atoms with E-state index < -0.39 is 29.7 Å². The summed E-state index contributed by atoms with van der Waals surface area (Å²) in [6.07, 6.45) is 0. The van der Waals surface area contributed by atoms with Crippen LogP contribution in [0.3, 0.4) is 0 Å². The summed E-state index contributed by atoms with van der Waals surface area (Å²) in [4.78, 5) is 46.5. The number of hydrogen-bond donors (Lipinski definition) is 4. The zero-order chi connectivity index (χ0) is 15.7. The van der Waals surface area contributed by atoms with Crippen LogP contribution < -0.4 is 27.0 Å². The summed E-state index contributed by atoms with van der Waals surface area (Å²) in [5.41, 5.74) is -1.91. The molecule has 0 saturated carbocycles. The highest BCUT2D eigenvalue weighted by atomic mass is 16.5. The maximum Gasteiger partial charge on any atom is 0.326 e. The van der Waals surface area contributed by atoms with Gasteiger partial charge in [0.1, 0.15) is 5.69 Å². The minimum atomic E-state index is -1.48. The monoisotopic (exact) mass is 300 g/mol. The average molecular weight is 300 g/mol. The van der Waals surface area contributed by atoms with Crippen LogP contribution in [0.4, 0.5) is 0 Å². The molecule has 1 fully saturated rings. The van der Waals surface area contributed by atoms with Gasteiger partial charge in [-0.1, -0.05) is 0 Å². The predicted octanol–water partition coefficient (Wildman–Crippen LogP) is -4.88. The van der Waals surface area contributed by atoms with Gasteiger partial charge in [-0.3, -0.25) is 14.6 Å². The Morgan fingerprint density at radius 3 is 2.38 bits per heavy atom. The van der Waals surface area contributed by atoms with Crippen molar-refractivity contribution in [1.82, 2.24) is 15.3 Å². The first-order valence-corrected chi connectivity index (χ1v) is 6.20. The number of hydrogen-bond acceptors (Lipinski definition) is 6. The summed E-state index contributed by atoms with van der Waals surface area (Å²) < 4.78 is 5.04. The van der Waals surface area contributed by atoms with Gasteiger partial charge in [-0.2, -0.15) is 0 Å². The van der Waals surface area contributed by atoms with Gasteiger partial charge in [-0.15, -0.1) is 0 Å². The molecule has 0 spiro atoms. The highest BCUT2D eigenvalue weighted by Crippen LogP contribution is 1.83. The van der Waals surface area contributed by atoms with Crippen molar-refractivity contribution in [3.8, 4) is 0 Å². The number of carboxylic acids is 1. The molecule has 116 valence electrons. The second-order valence-electron chi connectivity index (χ2n) is 4.03. The standard InChI is InChI=1S/C7H7N3O5.C4H9NO/c11-4-1-3(9-7(15)10-4)6(14)8-2-5(12)13;1-3-6-4-2-5-1/h1H,2H2,(H,8,14)(H,12,13)(H2,9,10,11,15);5H,1-4H2. The molecule has 1 amide bonds. The number of rotatable bonds is 3. The lowest BCUT2D eigenvalue weighted by Gasteiger charge is -2.07. The quantitative estimate of drug-likeness (QED) is 0.437. The van der Waals surface area contributed by atoms with E-state index in [4.69, 9.17) is 4.74 Å². The Bertz CT molecular complexity index is 549. The number of carbonyl (C=O) groups is 2. The van der Waals surface area contributed by atoms with Gasteiger partial charge in [0.05, 0.1) is 38.8 Å². The third-order valence-corrected chi connectivity index (χ3v) is 2.33. The summed E-state index contributed by atoms with van der Waals surface area (Å²) in [7, 11) is 0. The minimum Gasteiger partial charge on any atom is -0.548 e. The van der Waals surface area contributed by atoms with E-state index in [1.54, 1.807) is 0 Å². The van der Waals surface area contributed by atoms with Gasteiger partial charge in [0.25, 0.3) is 11.5 Å².